The van der Waals surface area contributed by atoms with Gasteiger partial charge in [-0.3, -0.25) is 0 Å². The lowest BCUT2D eigenvalue weighted by molar-refractivity contribution is 0.590. The molecule has 15 aromatic rings. The molecule has 0 fully saturated rings. The van der Waals surface area contributed by atoms with E-state index in [1.807, 2.05) is 0 Å². The quantitative estimate of drug-likeness (QED) is 0.142. The van der Waals surface area contributed by atoms with E-state index in [1.54, 1.807) is 0 Å². The van der Waals surface area contributed by atoms with Crippen molar-refractivity contribution in [3.05, 3.63) is 297 Å². The van der Waals surface area contributed by atoms with Gasteiger partial charge in [0.2, 0.25) is 0 Å². The van der Waals surface area contributed by atoms with Gasteiger partial charge < -0.3 is 18.6 Å². The molecule has 0 bridgehead atoms. The number of hydrogen-bond acceptors (Lipinski definition) is 4. The molecule has 4 nitrogen and oxygen atoms in total. The van der Waals surface area contributed by atoms with E-state index in [-0.39, 0.29) is 12.1 Å². The van der Waals surface area contributed by atoms with E-state index in [0.29, 0.717) is 0 Å². The number of anilines is 6. The van der Waals surface area contributed by atoms with Gasteiger partial charge in [-0.15, -0.1) is 0 Å². The summed E-state index contributed by atoms with van der Waals surface area (Å²) in [4.78, 5) is 5.25. The zero-order valence-corrected chi connectivity index (χ0v) is 48.5. The summed E-state index contributed by atoms with van der Waals surface area (Å²) in [5.74, 6) is 0. The Morgan fingerprint density at radius 1 is 0.287 bits per heavy atom. The zero-order chi connectivity index (χ0) is 57.9. The van der Waals surface area contributed by atoms with Crippen LogP contribution in [0.1, 0.15) is 26.3 Å². The van der Waals surface area contributed by atoms with Crippen LogP contribution in [-0.4, -0.2) is 6.71 Å². The third-order valence-corrected chi connectivity index (χ3v) is 18.2. The van der Waals surface area contributed by atoms with Crippen molar-refractivity contribution < 1.29 is 8.83 Å². The third kappa shape index (κ3) is 8.22. The van der Waals surface area contributed by atoms with Crippen molar-refractivity contribution in [3.8, 4) is 66.8 Å². The molecule has 0 unspecified atom stereocenters. The maximum absolute atomic E-state index is 6.93. The second kappa shape index (κ2) is 19.9. The Kier molecular flexibility index (Phi) is 11.6. The van der Waals surface area contributed by atoms with Crippen molar-refractivity contribution in [2.24, 2.45) is 0 Å². The lowest BCUT2D eigenvalue weighted by Gasteiger charge is -2.46. The second-order valence-electron chi connectivity index (χ2n) is 24.3. The van der Waals surface area contributed by atoms with Gasteiger partial charge in [0.1, 0.15) is 22.3 Å². The summed E-state index contributed by atoms with van der Waals surface area (Å²) in [6.45, 7) is 6.82. The summed E-state index contributed by atoms with van der Waals surface area (Å²) in [6, 6.07) is 107. The van der Waals surface area contributed by atoms with Gasteiger partial charge in [0.05, 0.1) is 22.1 Å². The van der Waals surface area contributed by atoms with Gasteiger partial charge >= 0.3 is 0 Å². The van der Waals surface area contributed by atoms with Crippen LogP contribution in [0.25, 0.3) is 111 Å². The predicted molar refractivity (Wildman–Crippen MR) is 366 cm³/mol. The van der Waals surface area contributed by atoms with Crippen LogP contribution in [0.15, 0.2) is 300 Å². The highest BCUT2D eigenvalue weighted by molar-refractivity contribution is 7.00. The third-order valence-electron chi connectivity index (χ3n) is 18.2. The van der Waals surface area contributed by atoms with Crippen molar-refractivity contribution >= 4 is 101 Å². The van der Waals surface area contributed by atoms with Crippen LogP contribution < -0.4 is 26.2 Å². The van der Waals surface area contributed by atoms with Crippen LogP contribution in [-0.2, 0) is 5.41 Å². The van der Waals surface area contributed by atoms with Gasteiger partial charge in [-0.25, -0.2) is 0 Å². The Labute approximate surface area is 506 Å². The fourth-order valence-corrected chi connectivity index (χ4v) is 14.1. The van der Waals surface area contributed by atoms with Gasteiger partial charge in [-0.2, -0.15) is 0 Å². The van der Waals surface area contributed by atoms with Crippen LogP contribution in [0.2, 0.25) is 0 Å². The van der Waals surface area contributed by atoms with Crippen molar-refractivity contribution in [1.82, 2.24) is 0 Å². The summed E-state index contributed by atoms with van der Waals surface area (Å²) < 4.78 is 13.8. The monoisotopic (exact) mass is 1110 g/mol. The summed E-state index contributed by atoms with van der Waals surface area (Å²) in [6.07, 6.45) is 0. The van der Waals surface area contributed by atoms with Gasteiger partial charge in [-0.05, 0) is 162 Å². The van der Waals surface area contributed by atoms with E-state index in [2.05, 4.69) is 322 Å². The van der Waals surface area contributed by atoms with E-state index in [1.165, 1.54) is 44.2 Å². The van der Waals surface area contributed by atoms with Crippen LogP contribution >= 0.6 is 0 Å². The number of fused-ring (bicyclic) bond motifs is 10. The molecule has 2 aliphatic rings. The van der Waals surface area contributed by atoms with Crippen LogP contribution in [0.5, 0.6) is 0 Å². The van der Waals surface area contributed by atoms with Crippen molar-refractivity contribution in [1.29, 1.82) is 0 Å². The first-order valence-electron chi connectivity index (χ1n) is 30.2. The summed E-state index contributed by atoms with van der Waals surface area (Å²) in [5.41, 5.74) is 28.4. The molecule has 13 aromatic carbocycles. The molecule has 4 heterocycles. The van der Waals surface area contributed by atoms with Crippen molar-refractivity contribution in [3.63, 3.8) is 0 Å². The lowest BCUT2D eigenvalue weighted by atomic mass is 9.33. The molecule has 0 spiro atoms. The van der Waals surface area contributed by atoms with E-state index >= 15 is 0 Å². The number of furan rings is 2. The Bertz CT molecular complexity index is 5130. The highest BCUT2D eigenvalue weighted by atomic mass is 16.3. The molecular weight excluding hydrogens is 1060 g/mol. The molecule has 17 rings (SSSR count). The van der Waals surface area contributed by atoms with Gasteiger partial charge in [0.25, 0.3) is 6.71 Å². The molecule has 0 atom stereocenters. The highest BCUT2D eigenvalue weighted by Gasteiger charge is 2.46. The zero-order valence-electron chi connectivity index (χ0n) is 48.5. The lowest BCUT2D eigenvalue weighted by Crippen LogP contribution is -2.61. The minimum absolute atomic E-state index is 0.239. The van der Waals surface area contributed by atoms with Crippen LogP contribution in [0.3, 0.4) is 0 Å². The number of nitrogens with zero attached hydrogens (tertiary/aromatic N) is 2. The minimum Gasteiger partial charge on any atom is -0.456 e. The van der Waals surface area contributed by atoms with Gasteiger partial charge in [0.15, 0.2) is 0 Å². The fourth-order valence-electron chi connectivity index (χ4n) is 14.1. The Hall–Kier alpha value is -10.9. The number of para-hydroxylation sites is 2. The maximum Gasteiger partial charge on any atom is 0.252 e. The number of benzene rings is 13. The predicted octanol–water partition coefficient (Wildman–Crippen LogP) is 20.9. The standard InChI is InChI=1S/C82H57BN2O2/c1-82(2,3)62-50-71-79-72(51-62)85(81-64(56-31-17-8-18-32-56)40-44-76-78(81)66-34-20-22-36-74(66)87-76)70-42-38-58(61-46-59(53-25-11-5-12-26-53)45-60(47-61)54-27-13-6-14-28-54)49-68(70)83(79)67-48-57(52-23-9-4-10-24-52)37-41-69(67)84(71)80-63(55-29-15-7-16-30-55)39-43-75-77(80)65-33-19-21-35-73(65)86-75/h4-51H,1-3H3. The van der Waals surface area contributed by atoms with Crippen molar-refractivity contribution in [2.75, 3.05) is 9.80 Å². The SMILES string of the molecule is CC(C)(C)c1cc2c3c(c1)N(c1c(-c4ccccc4)ccc4oc5ccccc5c14)c1ccc(-c4cc(-c5ccccc5)cc(-c5ccccc5)c4)cc1B3c1cc(-c3ccccc3)ccc1N2c1c(-c2ccccc2)ccc2oc3ccccc3c12. The Balaban J connectivity index is 1.05. The number of hydrogen-bond donors (Lipinski definition) is 0. The molecule has 0 aliphatic carbocycles. The first-order chi connectivity index (χ1) is 42.8. The fraction of sp³-hybridized carbons (Fsp3) is 0.0488. The molecule has 87 heavy (non-hydrogen) atoms. The molecule has 0 saturated carbocycles. The molecule has 0 N–H and O–H groups in total. The first kappa shape index (κ1) is 50.6. The average Bonchev–Trinajstić information content (AvgIpc) is 1.34. The van der Waals surface area contributed by atoms with Crippen LogP contribution in [0.4, 0.5) is 34.1 Å². The summed E-state index contributed by atoms with van der Waals surface area (Å²) in [5, 5.41) is 4.28. The Morgan fingerprint density at radius 2 is 0.644 bits per heavy atom. The van der Waals surface area contributed by atoms with E-state index in [9.17, 15) is 0 Å². The first-order valence-corrected chi connectivity index (χ1v) is 30.2. The Morgan fingerprint density at radius 3 is 1.06 bits per heavy atom. The molecule has 0 amide bonds. The van der Waals surface area contributed by atoms with E-state index < -0.39 is 0 Å². The molecule has 410 valence electrons. The molecule has 5 heteroatoms. The van der Waals surface area contributed by atoms with Gasteiger partial charge in [0, 0.05) is 44.6 Å². The van der Waals surface area contributed by atoms with Crippen molar-refractivity contribution in [2.45, 2.75) is 26.2 Å². The molecule has 2 aliphatic heterocycles. The topological polar surface area (TPSA) is 32.8 Å². The van der Waals surface area contributed by atoms with Gasteiger partial charge in [-0.1, -0.05) is 233 Å². The summed E-state index contributed by atoms with van der Waals surface area (Å²) >= 11 is 0. The average molecular weight is 1110 g/mol. The largest absolute Gasteiger partial charge is 0.456 e. The van der Waals surface area contributed by atoms with E-state index in [4.69, 9.17) is 8.83 Å². The smallest absolute Gasteiger partial charge is 0.252 e. The molecule has 0 saturated heterocycles. The maximum atomic E-state index is 6.93. The van der Waals surface area contributed by atoms with Crippen LogP contribution in [0, 0.1) is 0 Å². The molecule has 0 radical (unpaired) electrons. The molecular formula is C82H57BN2O2. The normalized spacial score (nSPS) is 12.7. The summed E-state index contributed by atoms with van der Waals surface area (Å²) in [7, 11) is 0. The van der Waals surface area contributed by atoms with E-state index in [0.717, 1.165) is 123 Å². The minimum atomic E-state index is -0.284. The highest BCUT2D eigenvalue weighted by Crippen LogP contribution is 2.55. The number of rotatable bonds is 8. The molecule has 2 aromatic heterocycles. The second-order valence-corrected chi connectivity index (χ2v) is 24.3.